The molecule has 1 aromatic carbocycles. The molecular formula is C15H17BrN2O. The van der Waals surface area contributed by atoms with Gasteiger partial charge in [0.25, 0.3) is 5.56 Å². The third kappa shape index (κ3) is 2.35. The zero-order chi connectivity index (χ0) is 13.4. The zero-order valence-corrected chi connectivity index (χ0v) is 12.5. The molecule has 0 aliphatic carbocycles. The van der Waals surface area contributed by atoms with Gasteiger partial charge in [-0.05, 0) is 65.3 Å². The zero-order valence-electron chi connectivity index (χ0n) is 10.9. The van der Waals surface area contributed by atoms with Crippen LogP contribution in [0.25, 0.3) is 10.9 Å². The molecule has 0 amide bonds. The maximum Gasteiger partial charge on any atom is 0.254 e. The molecule has 1 aromatic heterocycles. The summed E-state index contributed by atoms with van der Waals surface area (Å²) < 4.78 is 2.73. The van der Waals surface area contributed by atoms with Gasteiger partial charge in [0, 0.05) is 17.1 Å². The summed E-state index contributed by atoms with van der Waals surface area (Å²) in [5, 5.41) is 4.48. The summed E-state index contributed by atoms with van der Waals surface area (Å²) in [4.78, 5) is 12.4. The van der Waals surface area contributed by atoms with E-state index >= 15 is 0 Å². The predicted molar refractivity (Wildman–Crippen MR) is 81.6 cm³/mol. The first-order valence-electron chi connectivity index (χ1n) is 6.64. The van der Waals surface area contributed by atoms with E-state index in [-0.39, 0.29) is 5.56 Å². The summed E-state index contributed by atoms with van der Waals surface area (Å²) in [6, 6.07) is 8.11. The van der Waals surface area contributed by atoms with Crippen molar-refractivity contribution in [2.24, 2.45) is 13.0 Å². The molecule has 1 aliphatic heterocycles. The molecule has 0 saturated carbocycles. The first kappa shape index (κ1) is 12.9. The Morgan fingerprint density at radius 3 is 3.05 bits per heavy atom. The molecule has 4 heteroatoms. The van der Waals surface area contributed by atoms with Crippen molar-refractivity contribution in [2.45, 2.75) is 12.8 Å². The molecule has 3 nitrogen and oxygen atoms in total. The van der Waals surface area contributed by atoms with Crippen LogP contribution in [0.5, 0.6) is 0 Å². The van der Waals surface area contributed by atoms with E-state index in [0.29, 0.717) is 5.92 Å². The van der Waals surface area contributed by atoms with Crippen LogP contribution in [0.3, 0.4) is 0 Å². The number of nitrogens with one attached hydrogen (secondary N) is 1. The summed E-state index contributed by atoms with van der Waals surface area (Å²) >= 11 is 3.52. The quantitative estimate of drug-likeness (QED) is 0.922. The number of fused-ring (bicyclic) bond motifs is 1. The molecular weight excluding hydrogens is 304 g/mol. The molecule has 100 valence electrons. The molecule has 1 aliphatic rings. The van der Waals surface area contributed by atoms with Gasteiger partial charge in [-0.15, -0.1) is 0 Å². The molecule has 1 N–H and O–H groups in total. The fraction of sp³-hybridized carbons (Fsp3) is 0.400. The molecule has 3 rings (SSSR count). The number of aromatic nitrogens is 1. The second kappa shape index (κ2) is 5.10. The number of benzene rings is 1. The third-order valence-electron chi connectivity index (χ3n) is 3.93. The smallest absolute Gasteiger partial charge is 0.254 e. The highest BCUT2D eigenvalue weighted by Crippen LogP contribution is 2.23. The molecule has 19 heavy (non-hydrogen) atoms. The SMILES string of the molecule is Cn1c(=O)c(CC2CCNC2)cc2cccc(Br)c21. The van der Waals surface area contributed by atoms with E-state index in [4.69, 9.17) is 0 Å². The van der Waals surface area contributed by atoms with Crippen molar-refractivity contribution in [3.8, 4) is 0 Å². The van der Waals surface area contributed by atoms with Crippen molar-refractivity contribution >= 4 is 26.8 Å². The highest BCUT2D eigenvalue weighted by Gasteiger charge is 2.18. The van der Waals surface area contributed by atoms with Crippen LogP contribution in [0, 0.1) is 5.92 Å². The van der Waals surface area contributed by atoms with Crippen molar-refractivity contribution in [3.63, 3.8) is 0 Å². The van der Waals surface area contributed by atoms with Crippen LogP contribution in [0.4, 0.5) is 0 Å². The van der Waals surface area contributed by atoms with E-state index in [1.54, 1.807) is 4.57 Å². The lowest BCUT2D eigenvalue weighted by Gasteiger charge is -2.12. The third-order valence-corrected chi connectivity index (χ3v) is 4.57. The van der Waals surface area contributed by atoms with Crippen molar-refractivity contribution in [2.75, 3.05) is 13.1 Å². The first-order chi connectivity index (χ1) is 9.16. The summed E-state index contributed by atoms with van der Waals surface area (Å²) in [6.45, 7) is 2.10. The molecule has 1 saturated heterocycles. The van der Waals surface area contributed by atoms with Gasteiger partial charge in [0.1, 0.15) is 0 Å². The fourth-order valence-electron chi connectivity index (χ4n) is 2.91. The molecule has 1 atom stereocenters. The molecule has 2 aromatic rings. The lowest BCUT2D eigenvalue weighted by molar-refractivity contribution is 0.575. The minimum Gasteiger partial charge on any atom is -0.316 e. The van der Waals surface area contributed by atoms with E-state index in [2.05, 4.69) is 33.4 Å². The molecule has 0 bridgehead atoms. The Bertz CT molecular complexity index is 672. The Morgan fingerprint density at radius 1 is 1.47 bits per heavy atom. The number of halogens is 1. The standard InChI is InChI=1S/C15H17BrN2O/c1-18-14-11(3-2-4-13(14)16)8-12(15(18)19)7-10-5-6-17-9-10/h2-4,8,10,17H,5-7,9H2,1H3. The van der Waals surface area contributed by atoms with E-state index in [1.165, 1.54) is 6.42 Å². The first-order valence-corrected chi connectivity index (χ1v) is 7.44. The van der Waals surface area contributed by atoms with Crippen LogP contribution in [0.1, 0.15) is 12.0 Å². The summed E-state index contributed by atoms with van der Waals surface area (Å²) in [5.74, 6) is 0.595. The van der Waals surface area contributed by atoms with Gasteiger partial charge in [0.05, 0.1) is 5.52 Å². The second-order valence-electron chi connectivity index (χ2n) is 5.27. The van der Waals surface area contributed by atoms with E-state index in [1.807, 2.05) is 19.2 Å². The molecule has 1 fully saturated rings. The largest absolute Gasteiger partial charge is 0.316 e. The highest BCUT2D eigenvalue weighted by molar-refractivity contribution is 9.10. The number of rotatable bonds is 2. The minimum absolute atomic E-state index is 0.131. The average molecular weight is 321 g/mol. The van der Waals surface area contributed by atoms with Gasteiger partial charge < -0.3 is 9.88 Å². The second-order valence-corrected chi connectivity index (χ2v) is 6.13. The highest BCUT2D eigenvalue weighted by atomic mass is 79.9. The van der Waals surface area contributed by atoms with Crippen LogP contribution in [0.15, 0.2) is 33.5 Å². The van der Waals surface area contributed by atoms with Crippen LogP contribution in [-0.2, 0) is 13.5 Å². The van der Waals surface area contributed by atoms with Gasteiger partial charge in [-0.1, -0.05) is 12.1 Å². The number of pyridine rings is 1. The Labute approximate surface area is 120 Å². The van der Waals surface area contributed by atoms with Gasteiger partial charge in [-0.2, -0.15) is 0 Å². The van der Waals surface area contributed by atoms with Crippen LogP contribution in [-0.4, -0.2) is 17.7 Å². The van der Waals surface area contributed by atoms with E-state index in [0.717, 1.165) is 40.4 Å². The Balaban J connectivity index is 2.10. The van der Waals surface area contributed by atoms with Crippen molar-refractivity contribution in [1.29, 1.82) is 0 Å². The van der Waals surface area contributed by atoms with Crippen LogP contribution in [0.2, 0.25) is 0 Å². The fourth-order valence-corrected chi connectivity index (χ4v) is 3.56. The van der Waals surface area contributed by atoms with Crippen LogP contribution < -0.4 is 10.9 Å². The summed E-state index contributed by atoms with van der Waals surface area (Å²) in [7, 11) is 1.85. The lowest BCUT2D eigenvalue weighted by atomic mass is 9.98. The van der Waals surface area contributed by atoms with Gasteiger partial charge >= 0.3 is 0 Å². The monoisotopic (exact) mass is 320 g/mol. The van der Waals surface area contributed by atoms with Gasteiger partial charge in [0.2, 0.25) is 0 Å². The number of para-hydroxylation sites is 1. The molecule has 2 heterocycles. The lowest BCUT2D eigenvalue weighted by Crippen LogP contribution is -2.24. The normalized spacial score (nSPS) is 19.2. The number of aryl methyl sites for hydroxylation is 1. The van der Waals surface area contributed by atoms with Crippen molar-refractivity contribution < 1.29 is 0 Å². The Morgan fingerprint density at radius 2 is 2.32 bits per heavy atom. The van der Waals surface area contributed by atoms with E-state index < -0.39 is 0 Å². The molecule has 0 spiro atoms. The predicted octanol–water partition coefficient (Wildman–Crippen LogP) is 2.45. The minimum atomic E-state index is 0.131. The van der Waals surface area contributed by atoms with Crippen molar-refractivity contribution in [1.82, 2.24) is 9.88 Å². The maximum atomic E-state index is 12.4. The average Bonchev–Trinajstić information content (AvgIpc) is 2.88. The van der Waals surface area contributed by atoms with Gasteiger partial charge in [-0.25, -0.2) is 0 Å². The summed E-state index contributed by atoms with van der Waals surface area (Å²) in [5.41, 5.74) is 2.04. The van der Waals surface area contributed by atoms with Crippen molar-refractivity contribution in [3.05, 3.63) is 44.7 Å². The topological polar surface area (TPSA) is 34.0 Å². The van der Waals surface area contributed by atoms with Crippen LogP contribution >= 0.6 is 15.9 Å². The number of hydrogen-bond acceptors (Lipinski definition) is 2. The molecule has 1 unspecified atom stereocenters. The number of hydrogen-bond donors (Lipinski definition) is 1. The van der Waals surface area contributed by atoms with E-state index in [9.17, 15) is 4.79 Å². The van der Waals surface area contributed by atoms with Gasteiger partial charge in [0.15, 0.2) is 0 Å². The summed E-state index contributed by atoms with van der Waals surface area (Å²) in [6.07, 6.45) is 2.04. The number of nitrogens with zero attached hydrogens (tertiary/aromatic N) is 1. The molecule has 0 radical (unpaired) electrons. The van der Waals surface area contributed by atoms with Gasteiger partial charge in [-0.3, -0.25) is 4.79 Å². The maximum absolute atomic E-state index is 12.4. The Kier molecular flexibility index (Phi) is 3.46. The Hall–Kier alpha value is -1.13.